The second kappa shape index (κ2) is 11.4. The summed E-state index contributed by atoms with van der Waals surface area (Å²) in [6.45, 7) is 8.97. The Morgan fingerprint density at radius 2 is 1.70 bits per heavy atom. The average molecular weight is 302 g/mol. The fourth-order valence-corrected chi connectivity index (χ4v) is 3.38. The first-order valence-electron chi connectivity index (χ1n) is 8.54. The Morgan fingerprint density at radius 1 is 1.05 bits per heavy atom. The molecule has 0 aromatic rings. The molecule has 20 heavy (non-hydrogen) atoms. The van der Waals surface area contributed by atoms with E-state index in [2.05, 4.69) is 27.7 Å². The van der Waals surface area contributed by atoms with E-state index in [1.165, 1.54) is 44.9 Å². The summed E-state index contributed by atoms with van der Waals surface area (Å²) in [4.78, 5) is 0. The van der Waals surface area contributed by atoms with E-state index < -0.39 is 0 Å². The molecule has 0 spiro atoms. The van der Waals surface area contributed by atoms with Crippen molar-refractivity contribution in [2.75, 3.05) is 0 Å². The van der Waals surface area contributed by atoms with Crippen molar-refractivity contribution in [1.29, 1.82) is 0 Å². The Kier molecular flexibility index (Phi) is 11.2. The first kappa shape index (κ1) is 19.7. The topological polar surface area (TPSA) is 35.2 Å². The van der Waals surface area contributed by atoms with Gasteiger partial charge in [-0.05, 0) is 50.2 Å². The molecule has 0 heterocycles. The van der Waals surface area contributed by atoms with Gasteiger partial charge in [0.25, 0.3) is 5.17 Å². The lowest BCUT2D eigenvalue weighted by molar-refractivity contribution is -0.0224. The molecule has 120 valence electrons. The highest BCUT2D eigenvalue weighted by atomic mass is 32.1. The van der Waals surface area contributed by atoms with Crippen LogP contribution in [0.1, 0.15) is 91.9 Å². The molecule has 0 saturated carbocycles. The lowest BCUT2D eigenvalue weighted by Gasteiger charge is -2.40. The third-order valence-electron chi connectivity index (χ3n) is 4.50. The van der Waals surface area contributed by atoms with Gasteiger partial charge >= 0.3 is 0 Å². The van der Waals surface area contributed by atoms with Crippen LogP contribution in [0.3, 0.4) is 0 Å². The molecule has 0 radical (unpaired) electrons. The van der Waals surface area contributed by atoms with E-state index in [0.29, 0.717) is 5.92 Å². The maximum absolute atomic E-state index is 6.03. The van der Waals surface area contributed by atoms with Crippen molar-refractivity contribution >= 4 is 17.4 Å². The van der Waals surface area contributed by atoms with E-state index in [-0.39, 0.29) is 10.8 Å². The molecule has 2 unspecified atom stereocenters. The third kappa shape index (κ3) is 6.92. The minimum Gasteiger partial charge on any atom is -0.464 e. The Hall–Kier alpha value is -0.310. The van der Waals surface area contributed by atoms with Crippen molar-refractivity contribution in [2.45, 2.75) is 97.5 Å². The molecule has 2 N–H and O–H groups in total. The summed E-state index contributed by atoms with van der Waals surface area (Å²) >= 11 is 5.05. The van der Waals surface area contributed by atoms with Crippen molar-refractivity contribution in [2.24, 2.45) is 11.7 Å². The van der Waals surface area contributed by atoms with Crippen LogP contribution in [-0.2, 0) is 4.74 Å². The molecule has 0 aliphatic rings. The predicted molar refractivity (Wildman–Crippen MR) is 93.0 cm³/mol. The molecule has 0 aliphatic carbocycles. The van der Waals surface area contributed by atoms with Crippen molar-refractivity contribution in [3.63, 3.8) is 0 Å². The van der Waals surface area contributed by atoms with Crippen LogP contribution in [0.4, 0.5) is 0 Å². The predicted octanol–water partition coefficient (Wildman–Crippen LogP) is 5.58. The van der Waals surface area contributed by atoms with Crippen LogP contribution in [-0.4, -0.2) is 10.8 Å². The second-order valence-electron chi connectivity index (χ2n) is 5.90. The second-order valence-corrected chi connectivity index (χ2v) is 6.30. The smallest absolute Gasteiger partial charge is 0.254 e. The molecule has 0 fully saturated rings. The molecule has 0 aromatic carbocycles. The van der Waals surface area contributed by atoms with Crippen LogP contribution in [0.5, 0.6) is 0 Å². The molecule has 2 nitrogen and oxygen atoms in total. The van der Waals surface area contributed by atoms with Crippen molar-refractivity contribution in [1.82, 2.24) is 0 Å². The van der Waals surface area contributed by atoms with E-state index in [1.807, 2.05) is 0 Å². The summed E-state index contributed by atoms with van der Waals surface area (Å²) in [5, 5.41) is 0.220. The minimum absolute atomic E-state index is 0.135. The fraction of sp³-hybridized carbons (Fsp3) is 0.941. The summed E-state index contributed by atoms with van der Waals surface area (Å²) in [7, 11) is 0. The molecule has 3 heteroatoms. The number of thiocarbonyl (C=S) groups is 1. The summed E-state index contributed by atoms with van der Waals surface area (Å²) in [6.07, 6.45) is 12.0. The van der Waals surface area contributed by atoms with Gasteiger partial charge in [0.15, 0.2) is 0 Å². The van der Waals surface area contributed by atoms with E-state index >= 15 is 0 Å². The highest BCUT2D eigenvalue weighted by molar-refractivity contribution is 7.80. The van der Waals surface area contributed by atoms with Gasteiger partial charge in [0.2, 0.25) is 0 Å². The normalized spacial score (nSPS) is 15.6. The number of rotatable bonds is 12. The molecule has 0 amide bonds. The highest BCUT2D eigenvalue weighted by Crippen LogP contribution is 2.37. The molecule has 0 saturated heterocycles. The number of unbranched alkanes of at least 4 members (excludes halogenated alkanes) is 4. The Bertz CT molecular complexity index is 257. The van der Waals surface area contributed by atoms with Crippen LogP contribution in [0, 0.1) is 5.92 Å². The van der Waals surface area contributed by atoms with Crippen molar-refractivity contribution < 1.29 is 4.74 Å². The number of nitrogens with two attached hydrogens (primary N) is 1. The van der Waals surface area contributed by atoms with Crippen molar-refractivity contribution in [3.8, 4) is 0 Å². The average Bonchev–Trinajstić information content (AvgIpc) is 2.43. The van der Waals surface area contributed by atoms with Crippen LogP contribution in [0.25, 0.3) is 0 Å². The molecule has 0 aliphatic heterocycles. The van der Waals surface area contributed by atoms with Gasteiger partial charge in [-0.3, -0.25) is 0 Å². The van der Waals surface area contributed by atoms with Crippen LogP contribution < -0.4 is 5.73 Å². The van der Waals surface area contributed by atoms with Gasteiger partial charge < -0.3 is 10.5 Å². The maximum atomic E-state index is 6.03. The first-order valence-corrected chi connectivity index (χ1v) is 8.95. The van der Waals surface area contributed by atoms with Gasteiger partial charge in [-0.25, -0.2) is 0 Å². The van der Waals surface area contributed by atoms with E-state index in [1.54, 1.807) is 0 Å². The Labute approximate surface area is 131 Å². The van der Waals surface area contributed by atoms with E-state index in [9.17, 15) is 0 Å². The Morgan fingerprint density at radius 3 is 2.15 bits per heavy atom. The molecule has 0 bridgehead atoms. The SMILES string of the molecule is CCCCCCC(CC)(OC(N)=S)C(CC)CCCC. The van der Waals surface area contributed by atoms with Gasteiger partial charge in [-0.2, -0.15) is 0 Å². The van der Waals surface area contributed by atoms with Crippen LogP contribution in [0.2, 0.25) is 0 Å². The summed E-state index contributed by atoms with van der Waals surface area (Å²) in [5.41, 5.74) is 5.58. The fourth-order valence-electron chi connectivity index (χ4n) is 3.22. The number of hydrogen-bond donors (Lipinski definition) is 1. The minimum atomic E-state index is -0.135. The lowest BCUT2D eigenvalue weighted by Crippen LogP contribution is -2.43. The van der Waals surface area contributed by atoms with Gasteiger partial charge in [0, 0.05) is 0 Å². The molecular formula is C17H35NOS. The van der Waals surface area contributed by atoms with Gasteiger partial charge in [-0.15, -0.1) is 0 Å². The number of ether oxygens (including phenoxy) is 1. The monoisotopic (exact) mass is 301 g/mol. The standard InChI is InChI=1S/C17H35NOS/c1-5-9-11-12-14-17(8-4,19-16(18)20)15(7-3)13-10-6-2/h15H,5-14H2,1-4H3,(H2,18,20). The van der Waals surface area contributed by atoms with E-state index in [0.717, 1.165) is 19.3 Å². The summed E-state index contributed by atoms with van der Waals surface area (Å²) < 4.78 is 6.03. The summed E-state index contributed by atoms with van der Waals surface area (Å²) in [5.74, 6) is 0.565. The largest absolute Gasteiger partial charge is 0.464 e. The molecule has 2 atom stereocenters. The lowest BCUT2D eigenvalue weighted by atomic mass is 9.76. The molecule has 0 aromatic heterocycles. The van der Waals surface area contributed by atoms with Crippen LogP contribution in [0.15, 0.2) is 0 Å². The highest BCUT2D eigenvalue weighted by Gasteiger charge is 2.37. The third-order valence-corrected chi connectivity index (χ3v) is 4.58. The molecular weight excluding hydrogens is 266 g/mol. The van der Waals surface area contributed by atoms with Gasteiger partial charge in [0.05, 0.1) is 0 Å². The quantitative estimate of drug-likeness (QED) is 0.377. The van der Waals surface area contributed by atoms with Gasteiger partial charge in [0.1, 0.15) is 5.60 Å². The van der Waals surface area contributed by atoms with E-state index in [4.69, 9.17) is 22.7 Å². The zero-order valence-electron chi connectivity index (χ0n) is 14.0. The Balaban J connectivity index is 4.82. The van der Waals surface area contributed by atoms with Crippen LogP contribution >= 0.6 is 12.2 Å². The zero-order chi connectivity index (χ0) is 15.4. The first-order chi connectivity index (χ1) is 9.56. The summed E-state index contributed by atoms with van der Waals surface area (Å²) in [6, 6.07) is 0. The zero-order valence-corrected chi connectivity index (χ0v) is 14.9. The maximum Gasteiger partial charge on any atom is 0.254 e. The van der Waals surface area contributed by atoms with Crippen molar-refractivity contribution in [3.05, 3.63) is 0 Å². The molecule has 0 rings (SSSR count). The van der Waals surface area contributed by atoms with Gasteiger partial charge in [-0.1, -0.05) is 59.8 Å². The number of hydrogen-bond acceptors (Lipinski definition) is 2.